The highest BCUT2D eigenvalue weighted by Crippen LogP contribution is 2.12. The number of rotatable bonds is 3. The average Bonchev–Trinajstić information content (AvgIpc) is 2.74. The summed E-state index contributed by atoms with van der Waals surface area (Å²) in [4.78, 5) is 8.11. The molecule has 2 aromatic heterocycles. The van der Waals surface area contributed by atoms with Crippen molar-refractivity contribution in [2.24, 2.45) is 0 Å². The van der Waals surface area contributed by atoms with Crippen molar-refractivity contribution >= 4 is 0 Å². The second-order valence-electron chi connectivity index (χ2n) is 2.91. The van der Waals surface area contributed by atoms with E-state index in [1.807, 2.05) is 0 Å². The fourth-order valence-electron chi connectivity index (χ4n) is 1.17. The van der Waals surface area contributed by atoms with Crippen molar-refractivity contribution in [2.45, 2.75) is 19.3 Å². The molecule has 2 rings (SSSR count). The summed E-state index contributed by atoms with van der Waals surface area (Å²) >= 11 is 0. The Morgan fingerprint density at radius 3 is 2.62 bits per heavy atom. The van der Waals surface area contributed by atoms with Crippen LogP contribution in [0.3, 0.4) is 0 Å². The van der Waals surface area contributed by atoms with Crippen LogP contribution in [0.5, 0.6) is 0 Å². The standard InChI is InChI=1S/C7H10N6/c1-5(7-9-4-11-13-7)2-6-8-3-10-12-6/h3-5H,2H2,1H3,(H,8,10,12)(H,9,11,13). The number of hydrogen-bond acceptors (Lipinski definition) is 4. The van der Waals surface area contributed by atoms with E-state index in [1.54, 1.807) is 0 Å². The molecule has 2 N–H and O–H groups in total. The van der Waals surface area contributed by atoms with Crippen molar-refractivity contribution < 1.29 is 0 Å². The molecule has 2 aromatic rings. The molecule has 0 saturated heterocycles. The molecule has 2 heterocycles. The van der Waals surface area contributed by atoms with Gasteiger partial charge in [-0.05, 0) is 0 Å². The average molecular weight is 178 g/mol. The van der Waals surface area contributed by atoms with Crippen LogP contribution in [0.25, 0.3) is 0 Å². The van der Waals surface area contributed by atoms with E-state index in [2.05, 4.69) is 37.3 Å². The van der Waals surface area contributed by atoms with E-state index in [1.165, 1.54) is 12.7 Å². The second kappa shape index (κ2) is 3.34. The van der Waals surface area contributed by atoms with Gasteiger partial charge in [-0.2, -0.15) is 10.2 Å². The maximum absolute atomic E-state index is 4.07. The van der Waals surface area contributed by atoms with Gasteiger partial charge in [0.1, 0.15) is 24.3 Å². The van der Waals surface area contributed by atoms with Crippen molar-refractivity contribution in [3.63, 3.8) is 0 Å². The predicted octanol–water partition coefficient (Wildman–Crippen LogP) is 0.269. The Bertz CT molecular complexity index is 337. The molecule has 68 valence electrons. The molecule has 6 heteroatoms. The van der Waals surface area contributed by atoms with Gasteiger partial charge in [-0.25, -0.2) is 9.97 Å². The Morgan fingerprint density at radius 2 is 2.00 bits per heavy atom. The molecular weight excluding hydrogens is 168 g/mol. The van der Waals surface area contributed by atoms with Crippen molar-refractivity contribution in [2.75, 3.05) is 0 Å². The Morgan fingerprint density at radius 1 is 1.23 bits per heavy atom. The number of hydrogen-bond donors (Lipinski definition) is 2. The fraction of sp³-hybridized carbons (Fsp3) is 0.429. The molecule has 0 aliphatic heterocycles. The van der Waals surface area contributed by atoms with Crippen LogP contribution in [0.2, 0.25) is 0 Å². The summed E-state index contributed by atoms with van der Waals surface area (Å²) in [5.41, 5.74) is 0. The zero-order chi connectivity index (χ0) is 9.10. The summed E-state index contributed by atoms with van der Waals surface area (Å²) < 4.78 is 0. The zero-order valence-electron chi connectivity index (χ0n) is 7.23. The molecule has 0 saturated carbocycles. The molecule has 6 nitrogen and oxygen atoms in total. The van der Waals surface area contributed by atoms with Crippen LogP contribution in [0.4, 0.5) is 0 Å². The van der Waals surface area contributed by atoms with E-state index in [-0.39, 0.29) is 5.92 Å². The van der Waals surface area contributed by atoms with E-state index >= 15 is 0 Å². The van der Waals surface area contributed by atoms with Crippen LogP contribution >= 0.6 is 0 Å². The van der Waals surface area contributed by atoms with Crippen molar-refractivity contribution in [3.8, 4) is 0 Å². The summed E-state index contributed by atoms with van der Waals surface area (Å²) in [6.45, 7) is 2.06. The maximum Gasteiger partial charge on any atom is 0.137 e. The molecule has 13 heavy (non-hydrogen) atoms. The molecule has 1 atom stereocenters. The number of nitrogens with zero attached hydrogens (tertiary/aromatic N) is 4. The Balaban J connectivity index is 2.04. The van der Waals surface area contributed by atoms with Gasteiger partial charge in [0.25, 0.3) is 0 Å². The van der Waals surface area contributed by atoms with E-state index < -0.39 is 0 Å². The van der Waals surface area contributed by atoms with Gasteiger partial charge in [0, 0.05) is 12.3 Å². The Labute approximate surface area is 74.8 Å². The highest BCUT2D eigenvalue weighted by Gasteiger charge is 2.10. The summed E-state index contributed by atoms with van der Waals surface area (Å²) in [6, 6.07) is 0. The van der Waals surface area contributed by atoms with Gasteiger partial charge in [0.05, 0.1) is 0 Å². The Hall–Kier alpha value is -1.72. The van der Waals surface area contributed by atoms with E-state index in [0.29, 0.717) is 0 Å². The first kappa shape index (κ1) is 7.90. The zero-order valence-corrected chi connectivity index (χ0v) is 7.23. The largest absolute Gasteiger partial charge is 0.263 e. The van der Waals surface area contributed by atoms with Crippen LogP contribution in [-0.2, 0) is 6.42 Å². The lowest BCUT2D eigenvalue weighted by atomic mass is 10.1. The number of nitrogens with one attached hydrogen (secondary N) is 2. The summed E-state index contributed by atoms with van der Waals surface area (Å²) in [7, 11) is 0. The topological polar surface area (TPSA) is 83.1 Å². The Kier molecular flexibility index (Phi) is 2.03. The minimum atomic E-state index is 0.274. The number of aromatic nitrogens is 6. The van der Waals surface area contributed by atoms with Gasteiger partial charge < -0.3 is 0 Å². The van der Waals surface area contributed by atoms with E-state index in [0.717, 1.165) is 18.1 Å². The third kappa shape index (κ3) is 1.71. The predicted molar refractivity (Wildman–Crippen MR) is 44.9 cm³/mol. The lowest BCUT2D eigenvalue weighted by Crippen LogP contribution is -2.02. The molecule has 0 spiro atoms. The van der Waals surface area contributed by atoms with Crippen LogP contribution in [-0.4, -0.2) is 30.4 Å². The molecular formula is C7H10N6. The lowest BCUT2D eigenvalue weighted by molar-refractivity contribution is 0.676. The molecule has 0 bridgehead atoms. The number of H-pyrrole nitrogens is 2. The van der Waals surface area contributed by atoms with Crippen LogP contribution < -0.4 is 0 Å². The summed E-state index contributed by atoms with van der Waals surface area (Å²) in [5.74, 6) is 2.01. The SMILES string of the molecule is CC(Cc1ncn[nH]1)c1ncn[nH]1. The fourth-order valence-corrected chi connectivity index (χ4v) is 1.17. The van der Waals surface area contributed by atoms with Crippen molar-refractivity contribution in [3.05, 3.63) is 24.3 Å². The molecule has 0 radical (unpaired) electrons. The van der Waals surface area contributed by atoms with Gasteiger partial charge in [0.2, 0.25) is 0 Å². The minimum absolute atomic E-state index is 0.274. The van der Waals surface area contributed by atoms with Crippen LogP contribution in [0.1, 0.15) is 24.5 Å². The molecule has 0 aromatic carbocycles. The van der Waals surface area contributed by atoms with Crippen molar-refractivity contribution in [1.82, 2.24) is 30.4 Å². The summed E-state index contributed by atoms with van der Waals surface area (Å²) in [5, 5.41) is 13.2. The smallest absolute Gasteiger partial charge is 0.137 e. The van der Waals surface area contributed by atoms with Gasteiger partial charge in [-0.3, -0.25) is 10.2 Å². The van der Waals surface area contributed by atoms with Crippen molar-refractivity contribution in [1.29, 1.82) is 0 Å². The molecule has 0 fully saturated rings. The highest BCUT2D eigenvalue weighted by atomic mass is 15.2. The third-order valence-electron chi connectivity index (χ3n) is 1.86. The van der Waals surface area contributed by atoms with E-state index in [4.69, 9.17) is 0 Å². The molecule has 0 aliphatic rings. The monoisotopic (exact) mass is 178 g/mol. The van der Waals surface area contributed by atoms with Crippen LogP contribution in [0, 0.1) is 0 Å². The molecule has 1 unspecified atom stereocenters. The van der Waals surface area contributed by atoms with Gasteiger partial charge in [-0.15, -0.1) is 0 Å². The molecule has 0 amide bonds. The summed E-state index contributed by atoms with van der Waals surface area (Å²) in [6.07, 6.45) is 3.80. The second-order valence-corrected chi connectivity index (χ2v) is 2.91. The first-order chi connectivity index (χ1) is 6.36. The minimum Gasteiger partial charge on any atom is -0.263 e. The highest BCUT2D eigenvalue weighted by molar-refractivity contribution is 4.96. The normalized spacial score (nSPS) is 13.0. The van der Waals surface area contributed by atoms with Crippen LogP contribution in [0.15, 0.2) is 12.7 Å². The maximum atomic E-state index is 4.07. The third-order valence-corrected chi connectivity index (χ3v) is 1.86. The van der Waals surface area contributed by atoms with Gasteiger partial charge in [-0.1, -0.05) is 6.92 Å². The van der Waals surface area contributed by atoms with Gasteiger partial charge in [0.15, 0.2) is 0 Å². The lowest BCUT2D eigenvalue weighted by Gasteiger charge is -2.03. The van der Waals surface area contributed by atoms with Gasteiger partial charge >= 0.3 is 0 Å². The quantitative estimate of drug-likeness (QED) is 0.706. The number of aromatic amines is 2. The first-order valence-electron chi connectivity index (χ1n) is 4.06. The first-order valence-corrected chi connectivity index (χ1v) is 4.06. The van der Waals surface area contributed by atoms with E-state index in [9.17, 15) is 0 Å². The molecule has 0 aliphatic carbocycles.